The van der Waals surface area contributed by atoms with Crippen LogP contribution in [-0.4, -0.2) is 39.8 Å². The lowest BCUT2D eigenvalue weighted by Crippen LogP contribution is -2.14. The Morgan fingerprint density at radius 2 is 2.08 bits per heavy atom. The van der Waals surface area contributed by atoms with Gasteiger partial charge in [0.2, 0.25) is 0 Å². The highest BCUT2D eigenvalue weighted by atomic mass is 32.2. The Hall–Kier alpha value is -2.05. The number of carbonyl (C=O) groups excluding carboxylic acids is 1. The van der Waals surface area contributed by atoms with Gasteiger partial charge in [0.25, 0.3) is 0 Å². The van der Waals surface area contributed by atoms with E-state index in [4.69, 9.17) is 4.74 Å². The molecule has 2 aromatic heterocycles. The molecule has 0 bridgehead atoms. The predicted molar refractivity (Wildman–Crippen MR) is 106 cm³/mol. The van der Waals surface area contributed by atoms with E-state index in [1.165, 1.54) is 17.3 Å². The van der Waals surface area contributed by atoms with Gasteiger partial charge in [0.15, 0.2) is 10.9 Å². The first kappa shape index (κ1) is 18.7. The molecule has 3 rings (SSSR count). The van der Waals surface area contributed by atoms with Crippen molar-refractivity contribution in [3.05, 3.63) is 46.8 Å². The third kappa shape index (κ3) is 3.71. The number of rotatable bonds is 7. The number of Topliss-reactive ketones (excluding diaryl/α,β-unsaturated/α-hetero) is 1. The van der Waals surface area contributed by atoms with Crippen molar-refractivity contribution >= 4 is 28.6 Å². The first-order valence-corrected chi connectivity index (χ1v) is 9.69. The van der Waals surface area contributed by atoms with Crippen molar-refractivity contribution in [2.75, 3.05) is 19.5 Å². The van der Waals surface area contributed by atoms with E-state index in [1.54, 1.807) is 7.11 Å². The molecule has 1 N–H and O–H groups in total. The molecule has 1 aromatic carbocycles. The maximum atomic E-state index is 12.7. The SMILES string of the molecule is COCC(C)n1c(C)cc(C(=O)CSc2nc3ccc(C)cc3[nH]2)c1C. The third-order valence-electron chi connectivity index (χ3n) is 4.59. The summed E-state index contributed by atoms with van der Waals surface area (Å²) in [5.41, 5.74) is 5.98. The minimum Gasteiger partial charge on any atom is -0.383 e. The van der Waals surface area contributed by atoms with Gasteiger partial charge in [-0.15, -0.1) is 0 Å². The number of ketones is 1. The number of hydrogen-bond donors (Lipinski definition) is 1. The van der Waals surface area contributed by atoms with E-state index in [9.17, 15) is 4.79 Å². The van der Waals surface area contributed by atoms with E-state index in [1.807, 2.05) is 32.0 Å². The first-order valence-electron chi connectivity index (χ1n) is 8.70. The summed E-state index contributed by atoms with van der Waals surface area (Å²) >= 11 is 1.45. The van der Waals surface area contributed by atoms with Crippen molar-refractivity contribution in [1.82, 2.24) is 14.5 Å². The van der Waals surface area contributed by atoms with Crippen LogP contribution in [0.3, 0.4) is 0 Å². The van der Waals surface area contributed by atoms with Gasteiger partial charge in [-0.3, -0.25) is 4.79 Å². The summed E-state index contributed by atoms with van der Waals surface area (Å²) in [4.78, 5) is 20.6. The summed E-state index contributed by atoms with van der Waals surface area (Å²) in [6.45, 7) is 8.81. The number of benzene rings is 1. The van der Waals surface area contributed by atoms with E-state index < -0.39 is 0 Å². The molecular weight excluding hydrogens is 346 g/mol. The average Bonchev–Trinajstić information content (AvgIpc) is 3.12. The summed E-state index contributed by atoms with van der Waals surface area (Å²) in [6.07, 6.45) is 0. The molecule has 0 fully saturated rings. The van der Waals surface area contributed by atoms with Crippen molar-refractivity contribution in [2.24, 2.45) is 0 Å². The fourth-order valence-electron chi connectivity index (χ4n) is 3.43. The number of carbonyl (C=O) groups is 1. The summed E-state index contributed by atoms with van der Waals surface area (Å²) in [5.74, 6) is 0.484. The second kappa shape index (κ2) is 7.68. The Bertz CT molecular complexity index is 942. The van der Waals surface area contributed by atoms with Gasteiger partial charge in [-0.2, -0.15) is 0 Å². The number of imidazole rings is 1. The van der Waals surface area contributed by atoms with Crippen molar-refractivity contribution in [2.45, 2.75) is 38.9 Å². The molecule has 0 aliphatic rings. The second-order valence-corrected chi connectivity index (χ2v) is 7.70. The number of ether oxygens (including phenoxy) is 1. The molecule has 26 heavy (non-hydrogen) atoms. The Morgan fingerprint density at radius 1 is 1.31 bits per heavy atom. The number of thioether (sulfide) groups is 1. The van der Waals surface area contributed by atoms with Crippen molar-refractivity contribution in [1.29, 1.82) is 0 Å². The summed E-state index contributed by atoms with van der Waals surface area (Å²) in [5, 5.41) is 0.778. The van der Waals surface area contributed by atoms with E-state index in [-0.39, 0.29) is 11.8 Å². The molecule has 1 unspecified atom stereocenters. The Balaban J connectivity index is 1.74. The number of methoxy groups -OCH3 is 1. The number of nitrogens with zero attached hydrogens (tertiary/aromatic N) is 2. The number of aromatic amines is 1. The molecule has 1 atom stereocenters. The van der Waals surface area contributed by atoms with Crippen LogP contribution in [0.4, 0.5) is 0 Å². The molecule has 0 saturated heterocycles. The van der Waals surface area contributed by atoms with E-state index in [0.717, 1.165) is 33.1 Å². The number of hydrogen-bond acceptors (Lipinski definition) is 4. The molecule has 0 saturated carbocycles. The van der Waals surface area contributed by atoms with Gasteiger partial charge in [0.1, 0.15) is 0 Å². The van der Waals surface area contributed by atoms with Crippen LogP contribution < -0.4 is 0 Å². The van der Waals surface area contributed by atoms with Crippen LogP contribution >= 0.6 is 11.8 Å². The van der Waals surface area contributed by atoms with Crippen molar-refractivity contribution in [3.8, 4) is 0 Å². The molecular formula is C20H25N3O2S. The molecule has 0 radical (unpaired) electrons. The normalized spacial score (nSPS) is 12.7. The lowest BCUT2D eigenvalue weighted by Gasteiger charge is -2.17. The molecule has 0 aliphatic heterocycles. The highest BCUT2D eigenvalue weighted by Crippen LogP contribution is 2.25. The van der Waals surface area contributed by atoms with Gasteiger partial charge in [0.05, 0.1) is 29.4 Å². The molecule has 0 aliphatic carbocycles. The van der Waals surface area contributed by atoms with Crippen LogP contribution in [0.25, 0.3) is 11.0 Å². The zero-order chi connectivity index (χ0) is 18.8. The first-order chi connectivity index (χ1) is 12.4. The molecule has 0 amide bonds. The zero-order valence-electron chi connectivity index (χ0n) is 15.9. The van der Waals surface area contributed by atoms with Crippen LogP contribution in [0, 0.1) is 20.8 Å². The number of fused-ring (bicyclic) bond motifs is 1. The third-order valence-corrected chi connectivity index (χ3v) is 5.46. The van der Waals surface area contributed by atoms with Crippen molar-refractivity contribution in [3.63, 3.8) is 0 Å². The van der Waals surface area contributed by atoms with Crippen LogP contribution in [0.5, 0.6) is 0 Å². The summed E-state index contributed by atoms with van der Waals surface area (Å²) in [7, 11) is 1.70. The smallest absolute Gasteiger partial charge is 0.175 e. The minimum absolute atomic E-state index is 0.121. The van der Waals surface area contributed by atoms with Crippen LogP contribution in [-0.2, 0) is 4.74 Å². The molecule has 0 spiro atoms. The predicted octanol–water partition coefficient (Wildman–Crippen LogP) is 4.47. The van der Waals surface area contributed by atoms with E-state index in [0.29, 0.717) is 12.4 Å². The van der Waals surface area contributed by atoms with Gasteiger partial charge < -0.3 is 14.3 Å². The zero-order valence-corrected chi connectivity index (χ0v) is 16.7. The lowest BCUT2D eigenvalue weighted by molar-refractivity contribution is 0.102. The van der Waals surface area contributed by atoms with Crippen molar-refractivity contribution < 1.29 is 9.53 Å². The van der Waals surface area contributed by atoms with Gasteiger partial charge in [-0.25, -0.2) is 4.98 Å². The number of nitrogens with one attached hydrogen (secondary N) is 1. The standard InChI is InChI=1S/C20H25N3O2S/c1-12-6-7-17-18(8-12)22-20(21-17)26-11-19(24)16-9-13(2)23(15(16)4)14(3)10-25-5/h6-9,14H,10-11H2,1-5H3,(H,21,22). The fourth-order valence-corrected chi connectivity index (χ4v) is 4.20. The number of H-pyrrole nitrogens is 1. The highest BCUT2D eigenvalue weighted by molar-refractivity contribution is 7.99. The number of aryl methyl sites for hydroxylation is 2. The van der Waals surface area contributed by atoms with Crippen LogP contribution in [0.15, 0.2) is 29.4 Å². The largest absolute Gasteiger partial charge is 0.383 e. The molecule has 6 heteroatoms. The van der Waals surface area contributed by atoms with Crippen LogP contribution in [0.2, 0.25) is 0 Å². The quantitative estimate of drug-likeness (QED) is 0.492. The molecule has 2 heterocycles. The number of aromatic nitrogens is 3. The average molecular weight is 372 g/mol. The summed E-state index contributed by atoms with van der Waals surface area (Å²) < 4.78 is 7.43. The van der Waals surface area contributed by atoms with Crippen LogP contribution in [0.1, 0.15) is 40.3 Å². The minimum atomic E-state index is 0.121. The Morgan fingerprint density at radius 3 is 2.81 bits per heavy atom. The summed E-state index contributed by atoms with van der Waals surface area (Å²) in [6, 6.07) is 8.29. The maximum Gasteiger partial charge on any atom is 0.175 e. The molecule has 5 nitrogen and oxygen atoms in total. The maximum absolute atomic E-state index is 12.7. The second-order valence-electron chi connectivity index (χ2n) is 6.73. The molecule has 138 valence electrons. The van der Waals surface area contributed by atoms with E-state index in [2.05, 4.69) is 34.4 Å². The highest BCUT2D eigenvalue weighted by Gasteiger charge is 2.19. The fraction of sp³-hybridized carbons (Fsp3) is 0.400. The Labute approximate surface area is 158 Å². The lowest BCUT2D eigenvalue weighted by atomic mass is 10.2. The van der Waals surface area contributed by atoms with Gasteiger partial charge in [0, 0.05) is 24.1 Å². The molecule has 3 aromatic rings. The van der Waals surface area contributed by atoms with Gasteiger partial charge >= 0.3 is 0 Å². The van der Waals surface area contributed by atoms with E-state index >= 15 is 0 Å². The Kier molecular flexibility index (Phi) is 5.53. The van der Waals surface area contributed by atoms with Gasteiger partial charge in [-0.1, -0.05) is 17.8 Å². The topological polar surface area (TPSA) is 59.9 Å². The van der Waals surface area contributed by atoms with Gasteiger partial charge in [-0.05, 0) is 51.5 Å². The monoisotopic (exact) mass is 371 g/mol.